The van der Waals surface area contributed by atoms with Gasteiger partial charge in [0, 0.05) is 21.9 Å². The zero-order valence-corrected chi connectivity index (χ0v) is 77.0. The number of rotatable bonds is 21. The van der Waals surface area contributed by atoms with Crippen molar-refractivity contribution in [3.05, 3.63) is 449 Å². The van der Waals surface area contributed by atoms with Gasteiger partial charge in [-0.3, -0.25) is 0 Å². The lowest BCUT2D eigenvalue weighted by molar-refractivity contribution is 0.373. The number of fused-ring (bicyclic) bond motifs is 3. The zero-order chi connectivity index (χ0) is 93.6. The number of furan rings is 1. The molecule has 18 aromatic rings. The van der Waals surface area contributed by atoms with Gasteiger partial charge in [0.25, 0.3) is 0 Å². The number of benzene rings is 17. The summed E-state index contributed by atoms with van der Waals surface area (Å²) in [6.45, 7) is 7.00. The molecule has 17 aromatic carbocycles. The van der Waals surface area contributed by atoms with Crippen molar-refractivity contribution in [3.63, 3.8) is 0 Å². The highest BCUT2D eigenvalue weighted by atomic mass is 28.3. The third-order valence-corrected chi connectivity index (χ3v) is 25.9. The van der Waals surface area contributed by atoms with Crippen molar-refractivity contribution in [2.24, 2.45) is 0 Å². The molecule has 1 heterocycles. The summed E-state index contributed by atoms with van der Waals surface area (Å²) in [6, 6.07) is 146. The Bertz CT molecular complexity index is 6080. The maximum Gasteiger partial charge on any atom is 0.177 e. The van der Waals surface area contributed by atoms with E-state index in [1.165, 1.54) is 30.4 Å². The topological polar surface area (TPSA) is 196 Å². The van der Waals surface area contributed by atoms with Gasteiger partial charge in [0.2, 0.25) is 0 Å². The first-order chi connectivity index (χ1) is 64.7. The molecule has 0 atom stereocenters. The van der Waals surface area contributed by atoms with E-state index in [0.29, 0.717) is 17.2 Å². The largest absolute Gasteiger partial charge is 0.508 e. The third-order valence-electron chi connectivity index (χ3n) is 20.3. The molecular formula is C115H114O16Si. The molecule has 16 nitrogen and oxygen atoms in total. The van der Waals surface area contributed by atoms with Gasteiger partial charge in [-0.2, -0.15) is 0 Å². The fraction of sp³-hybridized carbons (Fsp3) is 0.113. The summed E-state index contributed by atoms with van der Waals surface area (Å²) in [6.07, 6.45) is 0. The Morgan fingerprint density at radius 1 is 0.227 bits per heavy atom. The zero-order valence-electron chi connectivity index (χ0n) is 76.0. The molecule has 0 unspecified atom stereocenters. The van der Waals surface area contributed by atoms with Crippen LogP contribution < -0.4 is 57.3 Å². The predicted molar refractivity (Wildman–Crippen MR) is 538 cm³/mol. The first-order valence-electron chi connectivity index (χ1n) is 43.0. The molecule has 0 spiro atoms. The van der Waals surface area contributed by atoms with Gasteiger partial charge < -0.3 is 76.9 Å². The maximum atomic E-state index is 9.92. The minimum Gasteiger partial charge on any atom is -0.508 e. The SMILES string of the molecule is CC[Si](CC)(CC)c1ccccc1Oc1ccccc1.COc1cccc(-c2ccccc2)c1O.COc1cccc(-c2ccccc2O)c1.COc1cccc2c1oc1ccccc12.COc1ccccc1.COc1ccccc1O.COc1ccccc1Oc1ccccc1.COc1ccccc1Oc1ccccc1.Oc1ccccc1.c1ccc(Oc2ccccc2)cc1. The normalized spacial score (nSPS) is 9.95. The standard InChI is InChI=1S/C18H24OSi.C13H10O2.4C13H12O2.C12H10O.C7H8O2.C7H8O.C6H6O/c1-4-20(5-2,6-3)18-15-11-10-14-17(18)19-16-12-8-7-9-13-16;1-14-12-8-4-6-10-9-5-2-3-7-11(9)15-13(10)12;1-15-11-6-4-5-10(9-11)12-7-2-3-8-13(12)14;2*1-14-12-9-5-6-10-13(12)15-11-7-3-2-4-8-11;1-15-12-9-5-8-11(13(12)14)10-6-3-2-4-7-10;1-3-7-11(8-4-1)13-12-9-5-2-6-10-12;1-9-7-5-3-2-4-6(7)8;1-8-7-5-3-2-4-6-7;7-6-4-2-1-3-5-6/h7-15H,4-6H2,1-3H3;2-8H,1H3;2-9,14H,1H3;2*2-10H,1H3;2-9,14H,1H3;1-10H;2-5,8H,1H3;2-6H,1H3;1-5,7H. The Balaban J connectivity index is 0.000000167. The molecule has 0 saturated heterocycles. The van der Waals surface area contributed by atoms with E-state index in [0.717, 1.165) is 119 Å². The van der Waals surface area contributed by atoms with Crippen molar-refractivity contribution in [1.82, 2.24) is 0 Å². The molecule has 674 valence electrons. The van der Waals surface area contributed by atoms with Gasteiger partial charge in [0.15, 0.2) is 57.3 Å². The van der Waals surface area contributed by atoms with Gasteiger partial charge in [0.1, 0.15) is 63.1 Å². The molecule has 132 heavy (non-hydrogen) atoms. The molecule has 0 aliphatic carbocycles. The van der Waals surface area contributed by atoms with Crippen molar-refractivity contribution in [2.75, 3.05) is 49.8 Å². The number of hydrogen-bond donors (Lipinski definition) is 4. The molecular weight excluding hydrogens is 1670 g/mol. The van der Waals surface area contributed by atoms with Crippen LogP contribution in [0.5, 0.6) is 109 Å². The molecule has 17 heteroatoms. The third kappa shape index (κ3) is 32.0. The number of phenolic OH excluding ortho intramolecular Hbond substituents is 4. The summed E-state index contributed by atoms with van der Waals surface area (Å²) in [5.74, 6) is 12.7. The first-order valence-corrected chi connectivity index (χ1v) is 45.6. The first kappa shape index (κ1) is 99.5. The quantitative estimate of drug-likeness (QED) is 0.0496. The van der Waals surface area contributed by atoms with Crippen LogP contribution in [0.4, 0.5) is 0 Å². The molecule has 1 aromatic heterocycles. The van der Waals surface area contributed by atoms with Crippen molar-refractivity contribution in [3.8, 4) is 131 Å². The number of phenols is 4. The van der Waals surface area contributed by atoms with Crippen LogP contribution in [0.2, 0.25) is 18.1 Å². The maximum absolute atomic E-state index is 9.92. The lowest BCUT2D eigenvalue weighted by atomic mass is 10.0. The average molecular weight is 1780 g/mol. The highest BCUT2D eigenvalue weighted by molar-refractivity contribution is 6.92. The minimum absolute atomic E-state index is 0.181. The van der Waals surface area contributed by atoms with Crippen LogP contribution >= 0.6 is 0 Å². The predicted octanol–water partition coefficient (Wildman–Crippen LogP) is 29.9. The summed E-state index contributed by atoms with van der Waals surface area (Å²) >= 11 is 0. The molecule has 0 saturated carbocycles. The van der Waals surface area contributed by atoms with Crippen LogP contribution in [0.15, 0.2) is 453 Å². The molecule has 4 N–H and O–H groups in total. The minimum atomic E-state index is -1.42. The molecule has 18 rings (SSSR count). The Kier molecular flexibility index (Phi) is 42.3. The highest BCUT2D eigenvalue weighted by Gasteiger charge is 2.32. The summed E-state index contributed by atoms with van der Waals surface area (Å²) in [5.41, 5.74) is 5.26. The smallest absolute Gasteiger partial charge is 0.177 e. The van der Waals surface area contributed by atoms with E-state index in [9.17, 15) is 10.2 Å². The van der Waals surface area contributed by atoms with Gasteiger partial charge in [0.05, 0.1) is 57.8 Å². The van der Waals surface area contributed by atoms with E-state index >= 15 is 0 Å². The fourth-order valence-electron chi connectivity index (χ4n) is 13.2. The second-order valence-corrected chi connectivity index (χ2v) is 33.8. The number of hydrogen-bond acceptors (Lipinski definition) is 16. The molecule has 0 aliphatic rings. The highest BCUT2D eigenvalue weighted by Crippen LogP contribution is 2.39. The number of methoxy groups -OCH3 is 7. The van der Waals surface area contributed by atoms with Crippen molar-refractivity contribution in [2.45, 2.75) is 38.9 Å². The van der Waals surface area contributed by atoms with Gasteiger partial charge in [-0.05, 0) is 180 Å². The fourth-order valence-corrected chi connectivity index (χ4v) is 17.0. The molecule has 0 amide bonds. The van der Waals surface area contributed by atoms with E-state index in [1.54, 1.807) is 109 Å². The van der Waals surface area contributed by atoms with Crippen LogP contribution in [0, 0.1) is 0 Å². The van der Waals surface area contributed by atoms with Crippen LogP contribution in [0.25, 0.3) is 44.2 Å². The summed E-state index contributed by atoms with van der Waals surface area (Å²) < 4.78 is 64.4. The van der Waals surface area contributed by atoms with E-state index in [4.69, 9.17) is 66.7 Å². The number of para-hydroxylation sites is 18. The molecule has 0 aliphatic heterocycles. The Labute approximate surface area is 776 Å². The average Bonchev–Trinajstić information content (AvgIpc) is 1.64. The number of aromatic hydroxyl groups is 4. The Morgan fingerprint density at radius 3 is 0.970 bits per heavy atom. The van der Waals surface area contributed by atoms with E-state index in [2.05, 4.69) is 51.1 Å². The van der Waals surface area contributed by atoms with Crippen LogP contribution in [0.3, 0.4) is 0 Å². The summed E-state index contributed by atoms with van der Waals surface area (Å²) in [7, 11) is 9.86. The van der Waals surface area contributed by atoms with Gasteiger partial charge in [-0.1, -0.05) is 324 Å². The summed E-state index contributed by atoms with van der Waals surface area (Å²) in [4.78, 5) is 0. The van der Waals surface area contributed by atoms with Crippen LogP contribution in [-0.2, 0) is 0 Å². The van der Waals surface area contributed by atoms with Gasteiger partial charge in [-0.25, -0.2) is 0 Å². The van der Waals surface area contributed by atoms with Crippen molar-refractivity contribution >= 4 is 35.2 Å². The molecule has 0 bridgehead atoms. The van der Waals surface area contributed by atoms with Crippen LogP contribution in [0.1, 0.15) is 20.8 Å². The Hall–Kier alpha value is -16.2. The van der Waals surface area contributed by atoms with E-state index in [1.807, 2.05) is 352 Å². The lowest BCUT2D eigenvalue weighted by Gasteiger charge is -2.30. The Morgan fingerprint density at radius 2 is 0.545 bits per heavy atom. The van der Waals surface area contributed by atoms with E-state index < -0.39 is 8.07 Å². The van der Waals surface area contributed by atoms with Crippen molar-refractivity contribution < 1.29 is 76.9 Å². The van der Waals surface area contributed by atoms with E-state index in [-0.39, 0.29) is 17.2 Å². The van der Waals surface area contributed by atoms with Gasteiger partial charge in [-0.15, -0.1) is 0 Å². The lowest BCUT2D eigenvalue weighted by Crippen LogP contribution is -2.46. The van der Waals surface area contributed by atoms with Crippen LogP contribution in [-0.4, -0.2) is 78.3 Å². The molecule has 0 fully saturated rings. The van der Waals surface area contributed by atoms with Crippen molar-refractivity contribution in [1.29, 1.82) is 0 Å². The summed E-state index contributed by atoms with van der Waals surface area (Å²) in [5, 5.41) is 40.9. The second-order valence-electron chi connectivity index (χ2n) is 28.5. The molecule has 0 radical (unpaired) electrons. The van der Waals surface area contributed by atoms with Gasteiger partial charge >= 0.3 is 0 Å². The second kappa shape index (κ2) is 56.1. The number of ether oxygens (including phenoxy) is 11. The monoisotopic (exact) mass is 1780 g/mol.